The molecule has 1 N–H and O–H groups in total. The Morgan fingerprint density at radius 2 is 1.74 bits per heavy atom. The van der Waals surface area contributed by atoms with Gasteiger partial charge in [0.2, 0.25) is 0 Å². The van der Waals surface area contributed by atoms with Gasteiger partial charge in [0.05, 0.1) is 6.61 Å². The zero-order valence-electron chi connectivity index (χ0n) is 12.9. The van der Waals surface area contributed by atoms with Crippen molar-refractivity contribution in [3.8, 4) is 5.75 Å². The van der Waals surface area contributed by atoms with Crippen molar-refractivity contribution in [1.29, 1.82) is 0 Å². The molecule has 0 saturated carbocycles. The Balaban J connectivity index is 2.26. The van der Waals surface area contributed by atoms with Gasteiger partial charge in [0.15, 0.2) is 0 Å². The molecule has 1 aromatic carbocycles. The number of benzene rings is 1. The van der Waals surface area contributed by atoms with E-state index in [1.54, 1.807) is 0 Å². The molecule has 2 nitrogen and oxygen atoms in total. The summed E-state index contributed by atoms with van der Waals surface area (Å²) in [5.41, 5.74) is 1.33. The molecule has 1 aromatic rings. The monoisotopic (exact) mass is 263 g/mol. The highest BCUT2D eigenvalue weighted by Crippen LogP contribution is 2.17. The molecule has 0 fully saturated rings. The van der Waals surface area contributed by atoms with Crippen molar-refractivity contribution in [3.05, 3.63) is 29.8 Å². The quantitative estimate of drug-likeness (QED) is 0.659. The first-order valence-corrected chi connectivity index (χ1v) is 7.59. The van der Waals surface area contributed by atoms with Gasteiger partial charge in [-0.05, 0) is 50.4 Å². The van der Waals surface area contributed by atoms with Crippen molar-refractivity contribution < 1.29 is 4.74 Å². The highest BCUT2D eigenvalue weighted by molar-refractivity contribution is 5.28. The third kappa shape index (κ3) is 6.63. The summed E-state index contributed by atoms with van der Waals surface area (Å²) in [4.78, 5) is 0. The van der Waals surface area contributed by atoms with Gasteiger partial charge in [0, 0.05) is 6.04 Å². The highest BCUT2D eigenvalue weighted by atomic mass is 16.5. The Bertz CT molecular complexity index is 332. The van der Waals surface area contributed by atoms with E-state index in [-0.39, 0.29) is 0 Å². The topological polar surface area (TPSA) is 21.3 Å². The first-order valence-electron chi connectivity index (χ1n) is 7.59. The third-order valence-corrected chi connectivity index (χ3v) is 3.35. The summed E-state index contributed by atoms with van der Waals surface area (Å²) in [7, 11) is 0. The molecule has 0 heterocycles. The predicted octanol–water partition coefficient (Wildman–Crippen LogP) is 4.56. The van der Waals surface area contributed by atoms with Crippen LogP contribution in [0.5, 0.6) is 5.75 Å². The van der Waals surface area contributed by atoms with E-state index in [0.29, 0.717) is 6.04 Å². The number of ether oxygens (including phenoxy) is 1. The minimum atomic E-state index is 0.412. The van der Waals surface area contributed by atoms with Crippen LogP contribution >= 0.6 is 0 Å². The Morgan fingerprint density at radius 1 is 1.05 bits per heavy atom. The summed E-state index contributed by atoms with van der Waals surface area (Å²) >= 11 is 0. The van der Waals surface area contributed by atoms with Crippen LogP contribution in [0.25, 0.3) is 0 Å². The first-order chi connectivity index (χ1) is 9.13. The zero-order valence-corrected chi connectivity index (χ0v) is 12.9. The average Bonchev–Trinajstić information content (AvgIpc) is 2.39. The number of hydrogen-bond donors (Lipinski definition) is 1. The molecule has 0 aliphatic rings. The zero-order chi connectivity index (χ0) is 14.1. The van der Waals surface area contributed by atoms with E-state index >= 15 is 0 Å². The van der Waals surface area contributed by atoms with Crippen LogP contribution in [0.15, 0.2) is 24.3 Å². The second kappa shape index (κ2) is 8.98. The summed E-state index contributed by atoms with van der Waals surface area (Å²) in [6.45, 7) is 10.6. The molecule has 0 aliphatic heterocycles. The maximum Gasteiger partial charge on any atom is 0.119 e. The maximum atomic E-state index is 5.46. The van der Waals surface area contributed by atoms with Gasteiger partial charge in [0.1, 0.15) is 5.75 Å². The summed E-state index contributed by atoms with van der Waals surface area (Å²) in [5, 5.41) is 3.58. The van der Waals surface area contributed by atoms with Gasteiger partial charge in [0.25, 0.3) is 0 Å². The van der Waals surface area contributed by atoms with E-state index < -0.39 is 0 Å². The van der Waals surface area contributed by atoms with Crippen LogP contribution in [0.1, 0.15) is 58.6 Å². The molecule has 0 aliphatic carbocycles. The SMILES string of the molecule is CCOc1ccc(C(C)NCCCCC(C)C)cc1. The minimum absolute atomic E-state index is 0.412. The molecule has 0 amide bonds. The fourth-order valence-corrected chi connectivity index (χ4v) is 2.13. The van der Waals surface area contributed by atoms with E-state index in [2.05, 4.69) is 50.4 Å². The normalized spacial score (nSPS) is 12.7. The van der Waals surface area contributed by atoms with E-state index in [0.717, 1.165) is 24.8 Å². The number of unbranched alkanes of at least 4 members (excludes halogenated alkanes) is 1. The van der Waals surface area contributed by atoms with E-state index in [1.807, 2.05) is 6.92 Å². The Labute approximate surface area is 118 Å². The molecule has 0 bridgehead atoms. The molecule has 108 valence electrons. The predicted molar refractivity (Wildman–Crippen MR) is 82.7 cm³/mol. The number of rotatable bonds is 9. The van der Waals surface area contributed by atoms with Crippen molar-refractivity contribution in [1.82, 2.24) is 5.32 Å². The number of nitrogens with one attached hydrogen (secondary N) is 1. The lowest BCUT2D eigenvalue weighted by Gasteiger charge is -2.15. The highest BCUT2D eigenvalue weighted by Gasteiger charge is 2.04. The fourth-order valence-electron chi connectivity index (χ4n) is 2.13. The summed E-state index contributed by atoms with van der Waals surface area (Å²) in [5.74, 6) is 1.78. The van der Waals surface area contributed by atoms with Crippen molar-refractivity contribution in [2.24, 2.45) is 5.92 Å². The molecule has 0 radical (unpaired) electrons. The molecule has 1 rings (SSSR count). The van der Waals surface area contributed by atoms with E-state index in [4.69, 9.17) is 4.74 Å². The van der Waals surface area contributed by atoms with Gasteiger partial charge >= 0.3 is 0 Å². The molecule has 0 saturated heterocycles. The molecule has 0 aromatic heterocycles. The van der Waals surface area contributed by atoms with Crippen molar-refractivity contribution in [2.45, 2.75) is 53.0 Å². The summed E-state index contributed by atoms with van der Waals surface area (Å²) in [6.07, 6.45) is 3.92. The average molecular weight is 263 g/mol. The van der Waals surface area contributed by atoms with Crippen LogP contribution in [0.4, 0.5) is 0 Å². The molecule has 2 heteroatoms. The van der Waals surface area contributed by atoms with Crippen LogP contribution in [-0.4, -0.2) is 13.2 Å². The smallest absolute Gasteiger partial charge is 0.119 e. The second-order valence-electron chi connectivity index (χ2n) is 5.57. The van der Waals surface area contributed by atoms with Gasteiger partial charge in [-0.25, -0.2) is 0 Å². The Kier molecular flexibility index (Phi) is 7.57. The van der Waals surface area contributed by atoms with Crippen LogP contribution in [0.2, 0.25) is 0 Å². The van der Waals surface area contributed by atoms with Crippen molar-refractivity contribution in [2.75, 3.05) is 13.2 Å². The van der Waals surface area contributed by atoms with E-state index in [1.165, 1.54) is 24.8 Å². The van der Waals surface area contributed by atoms with E-state index in [9.17, 15) is 0 Å². The Hall–Kier alpha value is -1.02. The lowest BCUT2D eigenvalue weighted by atomic mass is 10.1. The van der Waals surface area contributed by atoms with Crippen LogP contribution in [0, 0.1) is 5.92 Å². The van der Waals surface area contributed by atoms with Crippen LogP contribution < -0.4 is 10.1 Å². The fraction of sp³-hybridized carbons (Fsp3) is 0.647. The van der Waals surface area contributed by atoms with Gasteiger partial charge in [-0.3, -0.25) is 0 Å². The molecule has 1 unspecified atom stereocenters. The second-order valence-corrected chi connectivity index (χ2v) is 5.57. The third-order valence-electron chi connectivity index (χ3n) is 3.35. The van der Waals surface area contributed by atoms with Crippen molar-refractivity contribution >= 4 is 0 Å². The van der Waals surface area contributed by atoms with Crippen molar-refractivity contribution in [3.63, 3.8) is 0 Å². The minimum Gasteiger partial charge on any atom is -0.494 e. The molecular weight excluding hydrogens is 234 g/mol. The molecule has 1 atom stereocenters. The number of hydrogen-bond acceptors (Lipinski definition) is 2. The van der Waals surface area contributed by atoms with Gasteiger partial charge < -0.3 is 10.1 Å². The standard InChI is InChI=1S/C17H29NO/c1-5-19-17-11-9-16(10-12-17)15(4)18-13-7-6-8-14(2)3/h9-12,14-15,18H,5-8,13H2,1-4H3. The first kappa shape index (κ1) is 16.0. The van der Waals surface area contributed by atoms with Crippen LogP contribution in [-0.2, 0) is 0 Å². The molecule has 0 spiro atoms. The Morgan fingerprint density at radius 3 is 2.32 bits per heavy atom. The molecular formula is C17H29NO. The summed E-state index contributed by atoms with van der Waals surface area (Å²) < 4.78 is 5.46. The molecule has 19 heavy (non-hydrogen) atoms. The van der Waals surface area contributed by atoms with Gasteiger partial charge in [-0.15, -0.1) is 0 Å². The maximum absolute atomic E-state index is 5.46. The lowest BCUT2D eigenvalue weighted by molar-refractivity contribution is 0.340. The lowest BCUT2D eigenvalue weighted by Crippen LogP contribution is -2.19. The van der Waals surface area contributed by atoms with Gasteiger partial charge in [-0.2, -0.15) is 0 Å². The largest absolute Gasteiger partial charge is 0.494 e. The van der Waals surface area contributed by atoms with Crippen LogP contribution in [0.3, 0.4) is 0 Å². The van der Waals surface area contributed by atoms with Gasteiger partial charge in [-0.1, -0.05) is 38.8 Å². The summed E-state index contributed by atoms with van der Waals surface area (Å²) in [6, 6.07) is 8.81.